The largest absolute Gasteiger partial charge is 0.491 e. The fraction of sp³-hybridized carbons (Fsp3) is 0.632. The Balaban J connectivity index is 1.75. The highest BCUT2D eigenvalue weighted by Crippen LogP contribution is 2.15. The van der Waals surface area contributed by atoms with Crippen molar-refractivity contribution in [3.8, 4) is 5.75 Å². The van der Waals surface area contributed by atoms with Gasteiger partial charge in [-0.1, -0.05) is 13.3 Å². The molecule has 1 aromatic carbocycles. The zero-order chi connectivity index (χ0) is 16.7. The van der Waals surface area contributed by atoms with Crippen LogP contribution in [0.4, 0.5) is 0 Å². The number of ketones is 1. The highest BCUT2D eigenvalue weighted by atomic mass is 16.5. The molecular weight excluding hydrogens is 290 g/mol. The van der Waals surface area contributed by atoms with E-state index in [-0.39, 0.29) is 5.78 Å². The molecule has 0 bridgehead atoms. The Hall–Kier alpha value is -1.39. The average molecular weight is 320 g/mol. The van der Waals surface area contributed by atoms with Gasteiger partial charge in [0.2, 0.25) is 0 Å². The summed E-state index contributed by atoms with van der Waals surface area (Å²) < 4.78 is 5.65. The van der Waals surface area contributed by atoms with E-state index in [2.05, 4.69) is 7.05 Å². The van der Waals surface area contributed by atoms with E-state index in [0.29, 0.717) is 30.4 Å². The second-order valence-electron chi connectivity index (χ2n) is 6.65. The van der Waals surface area contributed by atoms with E-state index in [4.69, 9.17) is 4.74 Å². The molecule has 0 aromatic heterocycles. The van der Waals surface area contributed by atoms with Crippen LogP contribution in [-0.2, 0) is 0 Å². The number of carbonyl (C=O) groups excluding carboxylic acids is 1. The van der Waals surface area contributed by atoms with E-state index >= 15 is 0 Å². The number of rotatable bonds is 8. The first-order valence-electron chi connectivity index (χ1n) is 8.86. The van der Waals surface area contributed by atoms with E-state index in [1.54, 1.807) is 24.3 Å². The van der Waals surface area contributed by atoms with Crippen LogP contribution in [0.3, 0.4) is 0 Å². The van der Waals surface area contributed by atoms with E-state index in [1.807, 2.05) is 6.92 Å². The molecule has 4 heteroatoms. The number of carbonyl (C=O) groups is 1. The topological polar surface area (TPSA) is 51.0 Å². The lowest BCUT2D eigenvalue weighted by molar-refractivity contribution is -0.910. The molecule has 0 spiro atoms. The van der Waals surface area contributed by atoms with Gasteiger partial charge in [-0.3, -0.25) is 4.79 Å². The third kappa shape index (κ3) is 5.63. The number of ether oxygens (including phenoxy) is 1. The van der Waals surface area contributed by atoms with Gasteiger partial charge in [-0.2, -0.15) is 0 Å². The third-order valence-electron chi connectivity index (χ3n) is 4.80. The summed E-state index contributed by atoms with van der Waals surface area (Å²) in [7, 11) is 2.17. The smallest absolute Gasteiger partial charge is 0.162 e. The first-order chi connectivity index (χ1) is 11.1. The molecule has 0 amide bonds. The summed E-state index contributed by atoms with van der Waals surface area (Å²) in [6.45, 7) is 2.87. The van der Waals surface area contributed by atoms with Crippen LogP contribution in [-0.4, -0.2) is 43.2 Å². The van der Waals surface area contributed by atoms with Crippen molar-refractivity contribution >= 4 is 5.78 Å². The van der Waals surface area contributed by atoms with Gasteiger partial charge >= 0.3 is 0 Å². The van der Waals surface area contributed by atoms with Crippen LogP contribution < -0.4 is 9.64 Å². The number of aliphatic hydroxyl groups is 1. The second kappa shape index (κ2) is 9.04. The molecule has 2 rings (SSSR count). The van der Waals surface area contributed by atoms with Crippen molar-refractivity contribution in [2.45, 2.75) is 57.6 Å². The molecule has 4 nitrogen and oxygen atoms in total. The van der Waals surface area contributed by atoms with Crippen molar-refractivity contribution in [3.63, 3.8) is 0 Å². The molecule has 1 aromatic rings. The standard InChI is InChI=1S/C19H29NO3/c1-3-19(22)15-9-11-18(12-10-15)23-14-17(21)13-20(2)16-7-5-4-6-8-16/h9-12,16-17,21H,3-8,13-14H2,1-2H3/p+1/t17-/m0/s1. The van der Waals surface area contributed by atoms with Gasteiger partial charge in [0.05, 0.1) is 13.1 Å². The average Bonchev–Trinajstić information content (AvgIpc) is 2.60. The molecule has 1 unspecified atom stereocenters. The van der Waals surface area contributed by atoms with Crippen molar-refractivity contribution in [1.29, 1.82) is 0 Å². The molecule has 0 saturated heterocycles. The number of hydrogen-bond acceptors (Lipinski definition) is 3. The van der Waals surface area contributed by atoms with Crippen LogP contribution in [0.15, 0.2) is 24.3 Å². The SMILES string of the molecule is CCC(=O)c1ccc(OC[C@@H](O)C[NH+](C)C2CCCCC2)cc1. The Kier molecular flexibility index (Phi) is 7.06. The maximum Gasteiger partial charge on any atom is 0.162 e. The molecule has 0 aliphatic heterocycles. The summed E-state index contributed by atoms with van der Waals surface area (Å²) in [4.78, 5) is 13.0. The summed E-state index contributed by atoms with van der Waals surface area (Å²) in [5.41, 5.74) is 0.710. The fourth-order valence-corrected chi connectivity index (χ4v) is 3.33. The predicted octanol–water partition coefficient (Wildman–Crippen LogP) is 1.87. The minimum atomic E-state index is -0.464. The Morgan fingerprint density at radius 2 is 1.91 bits per heavy atom. The Labute approximate surface area is 139 Å². The first-order valence-corrected chi connectivity index (χ1v) is 8.86. The van der Waals surface area contributed by atoms with Gasteiger partial charge in [-0.15, -0.1) is 0 Å². The summed E-state index contributed by atoms with van der Waals surface area (Å²) in [5, 5.41) is 10.2. The van der Waals surface area contributed by atoms with E-state index < -0.39 is 6.10 Å². The molecule has 2 atom stereocenters. The Morgan fingerprint density at radius 1 is 1.26 bits per heavy atom. The van der Waals surface area contributed by atoms with Crippen LogP contribution in [0.5, 0.6) is 5.75 Å². The number of benzene rings is 1. The molecule has 128 valence electrons. The third-order valence-corrected chi connectivity index (χ3v) is 4.80. The summed E-state index contributed by atoms with van der Waals surface area (Å²) >= 11 is 0. The molecule has 1 aliphatic carbocycles. The quantitative estimate of drug-likeness (QED) is 0.719. The molecule has 1 fully saturated rings. The van der Waals surface area contributed by atoms with Crippen LogP contribution in [0.1, 0.15) is 55.8 Å². The molecule has 0 heterocycles. The number of aliphatic hydroxyl groups excluding tert-OH is 1. The molecule has 23 heavy (non-hydrogen) atoms. The number of likely N-dealkylation sites (N-methyl/N-ethyl adjacent to an activating group) is 1. The van der Waals surface area contributed by atoms with Crippen molar-refractivity contribution in [2.75, 3.05) is 20.2 Å². The number of nitrogens with one attached hydrogen (secondary N) is 1. The van der Waals surface area contributed by atoms with Crippen LogP contribution in [0.25, 0.3) is 0 Å². The van der Waals surface area contributed by atoms with Crippen LogP contribution in [0.2, 0.25) is 0 Å². The summed E-state index contributed by atoms with van der Waals surface area (Å²) in [6.07, 6.45) is 6.57. The zero-order valence-electron chi connectivity index (χ0n) is 14.4. The minimum absolute atomic E-state index is 0.134. The molecule has 0 radical (unpaired) electrons. The van der Waals surface area contributed by atoms with Gasteiger partial charge in [0.25, 0.3) is 0 Å². The Bertz CT molecular complexity index is 480. The van der Waals surface area contributed by atoms with Crippen LogP contribution >= 0.6 is 0 Å². The van der Waals surface area contributed by atoms with Gasteiger partial charge in [0.15, 0.2) is 5.78 Å². The van der Waals surface area contributed by atoms with Gasteiger partial charge in [0, 0.05) is 12.0 Å². The van der Waals surface area contributed by atoms with Crippen molar-refractivity contribution in [1.82, 2.24) is 0 Å². The minimum Gasteiger partial charge on any atom is -0.491 e. The highest BCUT2D eigenvalue weighted by molar-refractivity contribution is 5.95. The predicted molar refractivity (Wildman–Crippen MR) is 91.2 cm³/mol. The van der Waals surface area contributed by atoms with Crippen molar-refractivity contribution < 1.29 is 19.5 Å². The lowest BCUT2D eigenvalue weighted by atomic mass is 9.94. The van der Waals surface area contributed by atoms with Gasteiger partial charge in [-0.05, 0) is 49.9 Å². The van der Waals surface area contributed by atoms with Gasteiger partial charge in [0.1, 0.15) is 25.0 Å². The lowest BCUT2D eigenvalue weighted by Crippen LogP contribution is -3.14. The molecular formula is C19H30NO3+. The molecule has 2 N–H and O–H groups in total. The normalized spacial score (nSPS) is 18.4. The maximum atomic E-state index is 11.6. The number of Topliss-reactive ketones (excluding diaryl/α,β-unsaturated/α-hetero) is 1. The zero-order valence-corrected chi connectivity index (χ0v) is 14.4. The van der Waals surface area contributed by atoms with Crippen molar-refractivity contribution in [2.24, 2.45) is 0 Å². The lowest BCUT2D eigenvalue weighted by Gasteiger charge is -2.29. The number of quaternary nitrogens is 1. The first kappa shape index (κ1) is 18.0. The fourth-order valence-electron chi connectivity index (χ4n) is 3.33. The van der Waals surface area contributed by atoms with Gasteiger partial charge in [-0.25, -0.2) is 0 Å². The highest BCUT2D eigenvalue weighted by Gasteiger charge is 2.23. The Morgan fingerprint density at radius 3 is 2.52 bits per heavy atom. The van der Waals surface area contributed by atoms with E-state index in [9.17, 15) is 9.90 Å². The molecule has 1 aliphatic rings. The van der Waals surface area contributed by atoms with Gasteiger partial charge < -0.3 is 14.7 Å². The maximum absolute atomic E-state index is 11.6. The molecule has 1 saturated carbocycles. The second-order valence-corrected chi connectivity index (χ2v) is 6.65. The number of hydrogen-bond donors (Lipinski definition) is 2. The van der Waals surface area contributed by atoms with Crippen LogP contribution in [0, 0.1) is 0 Å². The van der Waals surface area contributed by atoms with Crippen molar-refractivity contribution in [3.05, 3.63) is 29.8 Å². The van der Waals surface area contributed by atoms with E-state index in [1.165, 1.54) is 37.0 Å². The van der Waals surface area contributed by atoms with E-state index in [0.717, 1.165) is 6.54 Å². The monoisotopic (exact) mass is 320 g/mol. The summed E-state index contributed by atoms with van der Waals surface area (Å²) in [6, 6.07) is 7.85. The summed E-state index contributed by atoms with van der Waals surface area (Å²) in [5.74, 6) is 0.835.